The number of nitrogens with zero attached hydrogens (tertiary/aromatic N) is 1. The van der Waals surface area contributed by atoms with Crippen LogP contribution in [0.1, 0.15) is 39.4 Å². The lowest BCUT2D eigenvalue weighted by Crippen LogP contribution is -2.06. The van der Waals surface area contributed by atoms with Gasteiger partial charge in [-0.3, -0.25) is 10.1 Å². The number of hydrogen-bond donors (Lipinski definition) is 1. The molecule has 0 aromatic heterocycles. The molecular weight excluding hydrogens is 250 g/mol. The normalized spacial score (nSPS) is 14.6. The van der Waals surface area contributed by atoms with E-state index in [0.29, 0.717) is 21.6 Å². The zero-order valence-corrected chi connectivity index (χ0v) is 11.9. The molecule has 2 atom stereocenters. The van der Waals surface area contributed by atoms with Crippen molar-refractivity contribution in [2.75, 3.05) is 0 Å². The second-order valence-electron chi connectivity index (χ2n) is 4.73. The van der Waals surface area contributed by atoms with Crippen molar-refractivity contribution in [3.63, 3.8) is 0 Å². The average Bonchev–Trinajstić information content (AvgIpc) is 2.28. The topological polar surface area (TPSA) is 63.4 Å². The van der Waals surface area contributed by atoms with Crippen molar-refractivity contribution in [1.29, 1.82) is 0 Å². The van der Waals surface area contributed by atoms with E-state index in [0.717, 1.165) is 0 Å². The van der Waals surface area contributed by atoms with Crippen LogP contribution in [0.3, 0.4) is 0 Å². The van der Waals surface area contributed by atoms with E-state index < -0.39 is 6.10 Å². The third kappa shape index (κ3) is 3.71. The Hall–Kier alpha value is -1.07. The van der Waals surface area contributed by atoms with Crippen LogP contribution >= 0.6 is 11.8 Å². The SMILES string of the molecule is CC(O)c1ccc(SC(C)C(C)C)c([N+](=O)[O-])c1. The van der Waals surface area contributed by atoms with Crippen molar-refractivity contribution in [2.24, 2.45) is 5.92 Å². The number of benzene rings is 1. The molecule has 0 saturated carbocycles. The van der Waals surface area contributed by atoms with Gasteiger partial charge >= 0.3 is 0 Å². The molecule has 5 heteroatoms. The maximum absolute atomic E-state index is 11.1. The van der Waals surface area contributed by atoms with E-state index >= 15 is 0 Å². The van der Waals surface area contributed by atoms with E-state index in [4.69, 9.17) is 0 Å². The quantitative estimate of drug-likeness (QED) is 0.502. The van der Waals surface area contributed by atoms with Crippen LogP contribution in [-0.4, -0.2) is 15.3 Å². The van der Waals surface area contributed by atoms with Crippen molar-refractivity contribution in [1.82, 2.24) is 0 Å². The molecule has 1 rings (SSSR count). The summed E-state index contributed by atoms with van der Waals surface area (Å²) in [5.41, 5.74) is 0.647. The minimum Gasteiger partial charge on any atom is -0.389 e. The molecule has 1 aromatic rings. The molecule has 0 fully saturated rings. The van der Waals surface area contributed by atoms with Gasteiger partial charge in [0.1, 0.15) is 0 Å². The van der Waals surface area contributed by atoms with Gasteiger partial charge in [0, 0.05) is 11.3 Å². The zero-order chi connectivity index (χ0) is 13.9. The minimum absolute atomic E-state index is 0.0749. The van der Waals surface area contributed by atoms with E-state index in [1.54, 1.807) is 19.1 Å². The smallest absolute Gasteiger partial charge is 0.283 e. The van der Waals surface area contributed by atoms with Gasteiger partial charge in [-0.05, 0) is 24.5 Å². The summed E-state index contributed by atoms with van der Waals surface area (Å²) >= 11 is 1.50. The summed E-state index contributed by atoms with van der Waals surface area (Å²) in [5.74, 6) is 0.450. The monoisotopic (exact) mass is 269 g/mol. The van der Waals surface area contributed by atoms with E-state index in [1.165, 1.54) is 17.8 Å². The maximum atomic E-state index is 11.1. The average molecular weight is 269 g/mol. The van der Waals surface area contributed by atoms with Crippen LogP contribution in [0.5, 0.6) is 0 Å². The second-order valence-corrected chi connectivity index (χ2v) is 6.15. The van der Waals surface area contributed by atoms with Crippen LogP contribution in [0.15, 0.2) is 23.1 Å². The minimum atomic E-state index is -0.690. The number of aliphatic hydroxyl groups is 1. The van der Waals surface area contributed by atoms with Gasteiger partial charge in [-0.25, -0.2) is 0 Å². The molecule has 0 spiro atoms. The lowest BCUT2D eigenvalue weighted by molar-refractivity contribution is -0.387. The highest BCUT2D eigenvalue weighted by atomic mass is 32.2. The highest BCUT2D eigenvalue weighted by Crippen LogP contribution is 2.36. The summed E-state index contributed by atoms with van der Waals surface area (Å²) < 4.78 is 0. The van der Waals surface area contributed by atoms with Crippen molar-refractivity contribution >= 4 is 17.4 Å². The molecule has 100 valence electrons. The van der Waals surface area contributed by atoms with Gasteiger partial charge in [-0.2, -0.15) is 0 Å². The molecule has 0 aliphatic carbocycles. The van der Waals surface area contributed by atoms with Crippen molar-refractivity contribution in [3.05, 3.63) is 33.9 Å². The fourth-order valence-electron chi connectivity index (χ4n) is 1.37. The Bertz CT molecular complexity index is 432. The van der Waals surface area contributed by atoms with Gasteiger partial charge in [0.15, 0.2) is 0 Å². The Labute approximate surface area is 112 Å². The number of nitro benzene ring substituents is 1. The van der Waals surface area contributed by atoms with Crippen LogP contribution in [0.2, 0.25) is 0 Å². The summed E-state index contributed by atoms with van der Waals surface area (Å²) in [6, 6.07) is 4.93. The molecule has 0 aliphatic heterocycles. The second kappa shape index (κ2) is 6.20. The highest BCUT2D eigenvalue weighted by molar-refractivity contribution is 8.00. The summed E-state index contributed by atoms with van der Waals surface area (Å²) in [6.07, 6.45) is -0.690. The maximum Gasteiger partial charge on any atom is 0.283 e. The van der Waals surface area contributed by atoms with E-state index in [-0.39, 0.29) is 10.6 Å². The predicted octanol–water partition coefficient (Wildman–Crippen LogP) is 3.78. The number of aliphatic hydroxyl groups excluding tert-OH is 1. The van der Waals surface area contributed by atoms with Crippen molar-refractivity contribution < 1.29 is 10.0 Å². The molecule has 0 aliphatic rings. The molecule has 0 bridgehead atoms. The Morgan fingerprint density at radius 1 is 1.28 bits per heavy atom. The van der Waals surface area contributed by atoms with Crippen LogP contribution < -0.4 is 0 Å². The Morgan fingerprint density at radius 3 is 2.33 bits per heavy atom. The third-order valence-corrected chi connectivity index (χ3v) is 4.43. The molecule has 0 heterocycles. The van der Waals surface area contributed by atoms with Gasteiger partial charge in [0.05, 0.1) is 15.9 Å². The Kier molecular flexibility index (Phi) is 5.16. The first-order chi connectivity index (χ1) is 8.32. The molecule has 18 heavy (non-hydrogen) atoms. The van der Waals surface area contributed by atoms with Gasteiger partial charge in [-0.15, -0.1) is 11.8 Å². The third-order valence-electron chi connectivity index (χ3n) is 2.91. The first-order valence-electron chi connectivity index (χ1n) is 5.96. The molecule has 0 saturated heterocycles. The first-order valence-corrected chi connectivity index (χ1v) is 6.84. The van der Waals surface area contributed by atoms with Gasteiger partial charge in [0.2, 0.25) is 0 Å². The molecule has 1 aromatic carbocycles. The van der Waals surface area contributed by atoms with Gasteiger partial charge in [0.25, 0.3) is 5.69 Å². The first kappa shape index (κ1) is 15.0. The van der Waals surface area contributed by atoms with Crippen molar-refractivity contribution in [3.8, 4) is 0 Å². The summed E-state index contributed by atoms with van der Waals surface area (Å²) in [4.78, 5) is 11.3. The Morgan fingerprint density at radius 2 is 1.89 bits per heavy atom. The van der Waals surface area contributed by atoms with Crippen LogP contribution in [0.25, 0.3) is 0 Å². The van der Waals surface area contributed by atoms with E-state index in [2.05, 4.69) is 20.8 Å². The number of rotatable bonds is 5. The van der Waals surface area contributed by atoms with Crippen LogP contribution in [0, 0.1) is 16.0 Å². The number of nitro groups is 1. The molecule has 0 radical (unpaired) electrons. The lowest BCUT2D eigenvalue weighted by atomic mass is 10.1. The van der Waals surface area contributed by atoms with E-state index in [1.807, 2.05) is 0 Å². The van der Waals surface area contributed by atoms with Crippen LogP contribution in [-0.2, 0) is 0 Å². The Balaban J connectivity index is 3.08. The standard InChI is InChI=1S/C13H19NO3S/c1-8(2)10(4)18-13-6-5-11(9(3)15)7-12(13)14(16)17/h5-10,15H,1-4H3. The van der Waals surface area contributed by atoms with E-state index in [9.17, 15) is 15.2 Å². The fraction of sp³-hybridized carbons (Fsp3) is 0.538. The van der Waals surface area contributed by atoms with Crippen molar-refractivity contribution in [2.45, 2.75) is 43.9 Å². The zero-order valence-electron chi connectivity index (χ0n) is 11.1. The molecule has 2 unspecified atom stereocenters. The van der Waals surface area contributed by atoms with Gasteiger partial charge in [-0.1, -0.05) is 26.8 Å². The molecular formula is C13H19NO3S. The summed E-state index contributed by atoms with van der Waals surface area (Å²) in [5, 5.41) is 20.8. The largest absolute Gasteiger partial charge is 0.389 e. The highest BCUT2D eigenvalue weighted by Gasteiger charge is 2.19. The van der Waals surface area contributed by atoms with Crippen LogP contribution in [0.4, 0.5) is 5.69 Å². The molecule has 0 amide bonds. The lowest BCUT2D eigenvalue weighted by Gasteiger charge is -2.15. The van der Waals surface area contributed by atoms with Gasteiger partial charge < -0.3 is 5.11 Å². The number of thioether (sulfide) groups is 1. The number of hydrogen-bond acceptors (Lipinski definition) is 4. The summed E-state index contributed by atoms with van der Waals surface area (Å²) in [7, 11) is 0. The molecule has 1 N–H and O–H groups in total. The summed E-state index contributed by atoms with van der Waals surface area (Å²) in [6.45, 7) is 7.84. The fourth-order valence-corrected chi connectivity index (χ4v) is 2.45. The molecule has 4 nitrogen and oxygen atoms in total. The predicted molar refractivity (Wildman–Crippen MR) is 73.9 cm³/mol.